The molecule has 0 bridgehead atoms. The summed E-state index contributed by atoms with van der Waals surface area (Å²) >= 11 is 0. The lowest BCUT2D eigenvalue weighted by Crippen LogP contribution is -3.12. The van der Waals surface area contributed by atoms with Crippen LogP contribution in [0.25, 0.3) is 10.9 Å². The minimum Gasteiger partial charge on any atom is -0.321 e. The van der Waals surface area contributed by atoms with Crippen molar-refractivity contribution >= 4 is 22.5 Å². The molecule has 0 aliphatic rings. The van der Waals surface area contributed by atoms with E-state index in [9.17, 15) is 9.59 Å². The average Bonchev–Trinajstić information content (AvgIpc) is 2.72. The molecule has 0 aliphatic carbocycles. The zero-order valence-corrected chi connectivity index (χ0v) is 18.9. The second kappa shape index (κ2) is 9.88. The Bertz CT molecular complexity index is 1080. The molecule has 0 saturated heterocycles. The number of anilines is 1. The van der Waals surface area contributed by atoms with Crippen molar-refractivity contribution in [1.29, 1.82) is 0 Å². The van der Waals surface area contributed by atoms with Gasteiger partial charge < -0.3 is 15.2 Å². The molecular weight excluding hydrogens is 388 g/mol. The fourth-order valence-electron chi connectivity index (χ4n) is 3.61. The zero-order chi connectivity index (χ0) is 22.4. The van der Waals surface area contributed by atoms with E-state index in [0.29, 0.717) is 29.8 Å². The highest BCUT2D eigenvalue weighted by Crippen LogP contribution is 2.23. The number of quaternary nitrogens is 1. The Balaban J connectivity index is 1.69. The Hall–Kier alpha value is -2.99. The van der Waals surface area contributed by atoms with Gasteiger partial charge in [0.15, 0.2) is 12.4 Å². The molecule has 6 heteroatoms. The van der Waals surface area contributed by atoms with E-state index in [-0.39, 0.29) is 16.9 Å². The van der Waals surface area contributed by atoms with Crippen LogP contribution in [0.1, 0.15) is 51.9 Å². The lowest BCUT2D eigenvalue weighted by molar-refractivity contribution is -0.906. The molecule has 2 aromatic carbocycles. The number of nitrogens with one attached hydrogen (secondary N) is 3. The van der Waals surface area contributed by atoms with Crippen molar-refractivity contribution in [3.8, 4) is 0 Å². The van der Waals surface area contributed by atoms with Gasteiger partial charge in [-0.2, -0.15) is 0 Å². The van der Waals surface area contributed by atoms with Gasteiger partial charge in [-0.1, -0.05) is 58.4 Å². The lowest BCUT2D eigenvalue weighted by atomic mass is 9.87. The molecule has 1 heterocycles. The number of rotatable bonds is 8. The first-order valence-corrected chi connectivity index (χ1v) is 11.0. The highest BCUT2D eigenvalue weighted by atomic mass is 16.2. The largest absolute Gasteiger partial charge is 0.321 e. The molecular formula is C25H33N4O2+. The molecule has 0 radical (unpaired) electrons. The van der Waals surface area contributed by atoms with Gasteiger partial charge in [-0.15, -0.1) is 0 Å². The van der Waals surface area contributed by atoms with Crippen LogP contribution in [-0.4, -0.2) is 29.0 Å². The van der Waals surface area contributed by atoms with Crippen molar-refractivity contribution in [3.63, 3.8) is 0 Å². The van der Waals surface area contributed by atoms with E-state index in [1.165, 1.54) is 5.56 Å². The summed E-state index contributed by atoms with van der Waals surface area (Å²) in [5.74, 6) is 0.565. The number of amides is 1. The van der Waals surface area contributed by atoms with Gasteiger partial charge in [0, 0.05) is 5.69 Å². The number of carbonyl (C=O) groups excluding carboxylic acids is 1. The minimum atomic E-state index is -0.140. The summed E-state index contributed by atoms with van der Waals surface area (Å²) in [4.78, 5) is 33.6. The first-order chi connectivity index (χ1) is 14.8. The molecule has 0 fully saturated rings. The molecule has 1 unspecified atom stereocenters. The van der Waals surface area contributed by atoms with Crippen LogP contribution in [0.15, 0.2) is 53.3 Å². The van der Waals surface area contributed by atoms with Gasteiger partial charge in [-0.05, 0) is 41.7 Å². The monoisotopic (exact) mass is 421 g/mol. The molecule has 3 N–H and O–H groups in total. The van der Waals surface area contributed by atoms with E-state index in [2.05, 4.69) is 55.1 Å². The zero-order valence-electron chi connectivity index (χ0n) is 18.9. The average molecular weight is 422 g/mol. The van der Waals surface area contributed by atoms with E-state index in [4.69, 9.17) is 0 Å². The minimum absolute atomic E-state index is 0.0438. The van der Waals surface area contributed by atoms with Gasteiger partial charge in [0.2, 0.25) is 0 Å². The Morgan fingerprint density at radius 1 is 1.10 bits per heavy atom. The van der Waals surface area contributed by atoms with Gasteiger partial charge in [0.05, 0.1) is 17.4 Å². The van der Waals surface area contributed by atoms with Crippen molar-refractivity contribution < 1.29 is 9.69 Å². The lowest BCUT2D eigenvalue weighted by Gasteiger charge is -2.20. The fourth-order valence-corrected chi connectivity index (χ4v) is 3.61. The van der Waals surface area contributed by atoms with Gasteiger partial charge >= 0.3 is 0 Å². The molecule has 0 aliphatic heterocycles. The quantitative estimate of drug-likeness (QED) is 0.523. The van der Waals surface area contributed by atoms with Gasteiger partial charge in [-0.25, -0.2) is 4.98 Å². The second-order valence-corrected chi connectivity index (χ2v) is 9.11. The summed E-state index contributed by atoms with van der Waals surface area (Å²) in [5.41, 5.74) is 2.64. The highest BCUT2D eigenvalue weighted by Gasteiger charge is 2.18. The number of aromatic amines is 1. The number of hydrogen-bond donors (Lipinski definition) is 3. The third kappa shape index (κ3) is 6.25. The molecule has 31 heavy (non-hydrogen) atoms. The topological polar surface area (TPSA) is 79.3 Å². The molecule has 0 saturated carbocycles. The number of hydrogen-bond acceptors (Lipinski definition) is 3. The van der Waals surface area contributed by atoms with E-state index in [1.807, 2.05) is 30.3 Å². The molecule has 3 rings (SSSR count). The maximum absolute atomic E-state index is 12.7. The van der Waals surface area contributed by atoms with E-state index >= 15 is 0 Å². The normalized spacial score (nSPS) is 12.6. The van der Waals surface area contributed by atoms with Crippen molar-refractivity contribution in [2.24, 2.45) is 0 Å². The Morgan fingerprint density at radius 2 is 1.81 bits per heavy atom. The van der Waals surface area contributed by atoms with Crippen LogP contribution in [0.3, 0.4) is 0 Å². The number of para-hydroxylation sites is 1. The Labute approximate surface area is 183 Å². The van der Waals surface area contributed by atoms with Crippen molar-refractivity contribution in [1.82, 2.24) is 9.97 Å². The maximum Gasteiger partial charge on any atom is 0.279 e. The molecule has 6 nitrogen and oxygen atoms in total. The van der Waals surface area contributed by atoms with Gasteiger partial charge in [0.25, 0.3) is 11.5 Å². The molecule has 1 aromatic heterocycles. The number of fused-ring (bicyclic) bond motifs is 1. The standard InChI is InChI=1S/C25H32N4O2/c1-5-6-15-29(16-22-27-21-10-8-7-9-20(21)24(31)28-22)17-23(30)26-19-13-11-18(12-14-19)25(2,3)4/h7-14H,5-6,15-17H2,1-4H3,(H,26,30)(H,27,28,31)/p+1. The molecule has 0 spiro atoms. The molecule has 164 valence electrons. The van der Waals surface area contributed by atoms with Crippen LogP contribution in [0, 0.1) is 0 Å². The SMILES string of the molecule is CCCC[NH+](CC(=O)Nc1ccc(C(C)(C)C)cc1)Cc1nc2ccccc2c(=O)[nH]1. The number of aromatic nitrogens is 2. The first-order valence-electron chi connectivity index (χ1n) is 11.0. The smallest absolute Gasteiger partial charge is 0.279 e. The Kier molecular flexibility index (Phi) is 7.23. The summed E-state index contributed by atoms with van der Waals surface area (Å²) in [7, 11) is 0. The number of H-pyrrole nitrogens is 1. The van der Waals surface area contributed by atoms with Crippen molar-refractivity contribution in [2.75, 3.05) is 18.4 Å². The number of nitrogens with zero attached hydrogens (tertiary/aromatic N) is 1. The van der Waals surface area contributed by atoms with Crippen LogP contribution in [-0.2, 0) is 16.8 Å². The molecule has 3 aromatic rings. The first kappa shape index (κ1) is 22.7. The highest BCUT2D eigenvalue weighted by molar-refractivity contribution is 5.91. The summed E-state index contributed by atoms with van der Waals surface area (Å²) in [6.07, 6.45) is 2.04. The van der Waals surface area contributed by atoms with E-state index in [1.54, 1.807) is 6.07 Å². The molecule has 1 atom stereocenters. The van der Waals surface area contributed by atoms with Crippen molar-refractivity contribution in [3.05, 3.63) is 70.3 Å². The van der Waals surface area contributed by atoms with E-state index in [0.717, 1.165) is 30.0 Å². The fraction of sp³-hybridized carbons (Fsp3) is 0.400. The van der Waals surface area contributed by atoms with Crippen LogP contribution < -0.4 is 15.8 Å². The van der Waals surface area contributed by atoms with Crippen molar-refractivity contribution in [2.45, 2.75) is 52.5 Å². The third-order valence-electron chi connectivity index (χ3n) is 5.41. The predicted molar refractivity (Wildman–Crippen MR) is 125 cm³/mol. The van der Waals surface area contributed by atoms with Gasteiger partial charge in [-0.3, -0.25) is 9.59 Å². The van der Waals surface area contributed by atoms with Gasteiger partial charge in [0.1, 0.15) is 6.54 Å². The Morgan fingerprint density at radius 3 is 2.48 bits per heavy atom. The molecule has 1 amide bonds. The summed E-state index contributed by atoms with van der Waals surface area (Å²) in [6.45, 7) is 10.3. The van der Waals surface area contributed by atoms with Crippen LogP contribution in [0.2, 0.25) is 0 Å². The summed E-state index contributed by atoms with van der Waals surface area (Å²) < 4.78 is 0. The van der Waals surface area contributed by atoms with Crippen LogP contribution >= 0.6 is 0 Å². The number of carbonyl (C=O) groups is 1. The number of benzene rings is 2. The summed E-state index contributed by atoms with van der Waals surface area (Å²) in [6, 6.07) is 15.3. The number of unbranched alkanes of at least 4 members (excludes halogenated alkanes) is 1. The summed E-state index contributed by atoms with van der Waals surface area (Å²) in [5, 5.41) is 3.58. The van der Waals surface area contributed by atoms with Crippen LogP contribution in [0.5, 0.6) is 0 Å². The predicted octanol–water partition coefficient (Wildman–Crippen LogP) is 3.04. The maximum atomic E-state index is 12.7. The van der Waals surface area contributed by atoms with Crippen LogP contribution in [0.4, 0.5) is 5.69 Å². The van der Waals surface area contributed by atoms with E-state index < -0.39 is 0 Å². The second-order valence-electron chi connectivity index (χ2n) is 9.11. The third-order valence-corrected chi connectivity index (χ3v) is 5.41.